The molecule has 0 unspecified atom stereocenters. The number of aromatic nitrogens is 1. The number of hydrazone groups is 1. The van der Waals surface area contributed by atoms with E-state index in [1.165, 1.54) is 24.2 Å². The lowest BCUT2D eigenvalue weighted by atomic mass is 10.1. The predicted octanol–water partition coefficient (Wildman–Crippen LogP) is 1.68. The SMILES string of the molecule is COCc1c(Br)c(C)n(CC(=O)N/N=C/c2ccco2)c(=O)c1C#N. The van der Waals surface area contributed by atoms with Gasteiger partial charge in [-0.1, -0.05) is 0 Å². The van der Waals surface area contributed by atoms with Crippen molar-refractivity contribution in [1.82, 2.24) is 9.99 Å². The van der Waals surface area contributed by atoms with E-state index in [0.717, 1.165) is 0 Å². The maximum absolute atomic E-state index is 12.5. The number of ether oxygens (including phenoxy) is 1. The first-order chi connectivity index (χ1) is 12.0. The molecule has 2 heterocycles. The molecule has 0 saturated carbocycles. The number of rotatable bonds is 6. The molecule has 0 aliphatic carbocycles. The average Bonchev–Trinajstić information content (AvgIpc) is 3.10. The lowest BCUT2D eigenvalue weighted by molar-refractivity contribution is -0.121. The zero-order chi connectivity index (χ0) is 18.4. The van der Waals surface area contributed by atoms with Crippen molar-refractivity contribution in [3.63, 3.8) is 0 Å². The quantitative estimate of drug-likeness (QED) is 0.579. The number of carbonyl (C=O) groups excluding carboxylic acids is 1. The second-order valence-corrected chi connectivity index (χ2v) is 5.79. The molecular formula is C16H15BrN4O4. The molecule has 9 heteroatoms. The van der Waals surface area contributed by atoms with Gasteiger partial charge in [0.15, 0.2) is 0 Å². The van der Waals surface area contributed by atoms with E-state index in [1.807, 2.05) is 6.07 Å². The van der Waals surface area contributed by atoms with E-state index in [0.29, 0.717) is 21.5 Å². The van der Waals surface area contributed by atoms with Gasteiger partial charge in [0.25, 0.3) is 11.5 Å². The van der Waals surface area contributed by atoms with Crippen LogP contribution in [0.2, 0.25) is 0 Å². The third kappa shape index (κ3) is 4.23. The molecule has 2 aromatic heterocycles. The minimum atomic E-state index is -0.555. The van der Waals surface area contributed by atoms with Crippen LogP contribution in [-0.2, 0) is 22.7 Å². The number of methoxy groups -OCH3 is 1. The van der Waals surface area contributed by atoms with Gasteiger partial charge in [0.1, 0.15) is 23.9 Å². The predicted molar refractivity (Wildman–Crippen MR) is 93.0 cm³/mol. The number of hydrogen-bond acceptors (Lipinski definition) is 6. The maximum Gasteiger partial charge on any atom is 0.269 e. The molecule has 0 aromatic carbocycles. The Balaban J connectivity index is 2.24. The van der Waals surface area contributed by atoms with Crippen LogP contribution in [0.15, 0.2) is 37.2 Å². The van der Waals surface area contributed by atoms with Crippen LogP contribution in [0.5, 0.6) is 0 Å². The smallest absolute Gasteiger partial charge is 0.269 e. The molecule has 0 radical (unpaired) electrons. The van der Waals surface area contributed by atoms with E-state index in [4.69, 9.17) is 9.15 Å². The number of halogens is 1. The largest absolute Gasteiger partial charge is 0.463 e. The van der Waals surface area contributed by atoms with Gasteiger partial charge in [-0.3, -0.25) is 9.59 Å². The van der Waals surface area contributed by atoms with Gasteiger partial charge in [0.2, 0.25) is 0 Å². The summed E-state index contributed by atoms with van der Waals surface area (Å²) in [6, 6.07) is 5.24. The van der Waals surface area contributed by atoms with Crippen LogP contribution in [0.3, 0.4) is 0 Å². The number of hydrogen-bond donors (Lipinski definition) is 1. The summed E-state index contributed by atoms with van der Waals surface area (Å²) in [7, 11) is 1.47. The Hall–Kier alpha value is -2.70. The van der Waals surface area contributed by atoms with E-state index >= 15 is 0 Å². The molecule has 0 aliphatic rings. The molecule has 8 nitrogen and oxygen atoms in total. The van der Waals surface area contributed by atoms with Crippen molar-refractivity contribution in [2.45, 2.75) is 20.1 Å². The topological polar surface area (TPSA) is 110 Å². The summed E-state index contributed by atoms with van der Waals surface area (Å²) in [6.45, 7) is 1.51. The molecule has 25 heavy (non-hydrogen) atoms. The van der Waals surface area contributed by atoms with Crippen LogP contribution < -0.4 is 11.0 Å². The Morgan fingerprint density at radius 2 is 2.36 bits per heavy atom. The van der Waals surface area contributed by atoms with Gasteiger partial charge in [0.05, 0.1) is 19.1 Å². The van der Waals surface area contributed by atoms with Crippen molar-refractivity contribution in [2.24, 2.45) is 5.10 Å². The van der Waals surface area contributed by atoms with Gasteiger partial charge < -0.3 is 13.7 Å². The van der Waals surface area contributed by atoms with Gasteiger partial charge in [-0.2, -0.15) is 10.4 Å². The van der Waals surface area contributed by atoms with Crippen molar-refractivity contribution in [3.05, 3.63) is 55.8 Å². The lowest BCUT2D eigenvalue weighted by Crippen LogP contribution is -2.33. The summed E-state index contributed by atoms with van der Waals surface area (Å²) >= 11 is 3.36. The summed E-state index contributed by atoms with van der Waals surface area (Å²) < 4.78 is 11.8. The average molecular weight is 407 g/mol. The van der Waals surface area contributed by atoms with E-state index in [9.17, 15) is 14.9 Å². The third-order valence-electron chi connectivity index (χ3n) is 3.37. The number of carbonyl (C=O) groups is 1. The first-order valence-corrected chi connectivity index (χ1v) is 7.95. The Labute approximate surface area is 151 Å². The van der Waals surface area contributed by atoms with E-state index in [2.05, 4.69) is 26.5 Å². The second kappa shape index (κ2) is 8.41. The third-order valence-corrected chi connectivity index (χ3v) is 4.43. The Kier molecular flexibility index (Phi) is 6.27. The molecular weight excluding hydrogens is 392 g/mol. The summed E-state index contributed by atoms with van der Waals surface area (Å²) in [4.78, 5) is 24.5. The van der Waals surface area contributed by atoms with Gasteiger partial charge >= 0.3 is 0 Å². The van der Waals surface area contributed by atoms with E-state index < -0.39 is 11.5 Å². The van der Waals surface area contributed by atoms with E-state index in [-0.39, 0.29) is 18.7 Å². The lowest BCUT2D eigenvalue weighted by Gasteiger charge is -2.15. The van der Waals surface area contributed by atoms with E-state index in [1.54, 1.807) is 19.1 Å². The number of nitrogens with zero attached hydrogens (tertiary/aromatic N) is 3. The van der Waals surface area contributed by atoms with Gasteiger partial charge in [-0.15, -0.1) is 0 Å². The normalized spacial score (nSPS) is 10.8. The van der Waals surface area contributed by atoms with Crippen molar-refractivity contribution < 1.29 is 13.9 Å². The molecule has 0 atom stereocenters. The zero-order valence-electron chi connectivity index (χ0n) is 13.6. The molecule has 0 fully saturated rings. The van der Waals surface area contributed by atoms with Crippen LogP contribution in [0.25, 0.3) is 0 Å². The van der Waals surface area contributed by atoms with Crippen molar-refractivity contribution in [3.8, 4) is 6.07 Å². The second-order valence-electron chi connectivity index (χ2n) is 5.00. The molecule has 0 bridgehead atoms. The highest BCUT2D eigenvalue weighted by molar-refractivity contribution is 9.10. The summed E-state index contributed by atoms with van der Waals surface area (Å²) in [5.74, 6) is -0.0321. The maximum atomic E-state index is 12.5. The summed E-state index contributed by atoms with van der Waals surface area (Å²) in [6.07, 6.45) is 2.82. The monoisotopic (exact) mass is 406 g/mol. The van der Waals surface area contributed by atoms with Crippen molar-refractivity contribution in [2.75, 3.05) is 7.11 Å². The Bertz CT molecular complexity index is 894. The number of pyridine rings is 1. The minimum Gasteiger partial charge on any atom is -0.463 e. The van der Waals surface area contributed by atoms with Gasteiger partial charge in [-0.05, 0) is 35.0 Å². The minimum absolute atomic E-state index is 0.0637. The fourth-order valence-corrected chi connectivity index (χ4v) is 2.69. The molecule has 1 amide bonds. The first kappa shape index (κ1) is 18.6. The number of furan rings is 1. The zero-order valence-corrected chi connectivity index (χ0v) is 15.2. The molecule has 0 aliphatic heterocycles. The fourth-order valence-electron chi connectivity index (χ4n) is 2.16. The van der Waals surface area contributed by atoms with Crippen LogP contribution in [0.1, 0.15) is 22.6 Å². The molecule has 0 saturated heterocycles. The van der Waals surface area contributed by atoms with Crippen LogP contribution in [0.4, 0.5) is 0 Å². The van der Waals surface area contributed by atoms with Crippen molar-refractivity contribution >= 4 is 28.1 Å². The van der Waals surface area contributed by atoms with Crippen LogP contribution in [0, 0.1) is 18.3 Å². The highest BCUT2D eigenvalue weighted by Crippen LogP contribution is 2.23. The standard InChI is InChI=1S/C16H15BrN4O4/c1-10-15(17)13(9-24-2)12(6-18)16(23)21(10)8-14(22)20-19-7-11-4-3-5-25-11/h3-5,7H,8-9H2,1-2H3,(H,20,22)/b19-7+. The molecule has 2 aromatic rings. The highest BCUT2D eigenvalue weighted by atomic mass is 79.9. The molecule has 2 rings (SSSR count). The Morgan fingerprint density at radius 1 is 1.60 bits per heavy atom. The number of nitrogens with one attached hydrogen (secondary N) is 1. The first-order valence-electron chi connectivity index (χ1n) is 7.15. The van der Waals surface area contributed by atoms with Gasteiger partial charge in [0, 0.05) is 22.8 Å². The number of amides is 1. The summed E-state index contributed by atoms with van der Waals surface area (Å²) in [5.41, 5.74) is 2.66. The number of nitriles is 1. The Morgan fingerprint density at radius 3 is 2.96 bits per heavy atom. The van der Waals surface area contributed by atoms with Crippen molar-refractivity contribution in [1.29, 1.82) is 5.26 Å². The highest BCUT2D eigenvalue weighted by Gasteiger charge is 2.19. The molecule has 130 valence electrons. The van der Waals surface area contributed by atoms with Gasteiger partial charge in [-0.25, -0.2) is 5.43 Å². The fraction of sp³-hybridized carbons (Fsp3) is 0.250. The molecule has 0 spiro atoms. The summed E-state index contributed by atoms with van der Waals surface area (Å²) in [5, 5.41) is 13.0. The molecule has 1 N–H and O–H groups in total. The van der Waals surface area contributed by atoms with Crippen LogP contribution in [-0.4, -0.2) is 23.8 Å². The van der Waals surface area contributed by atoms with Crippen LogP contribution >= 0.6 is 15.9 Å².